The summed E-state index contributed by atoms with van der Waals surface area (Å²) in [4.78, 5) is 26.3. The maximum atomic E-state index is 11.8. The lowest BCUT2D eigenvalue weighted by molar-refractivity contribution is -0.385. The Morgan fingerprint density at radius 2 is 1.92 bits per heavy atom. The number of nitrogens with zero attached hydrogens (tertiary/aromatic N) is 3. The van der Waals surface area contributed by atoms with E-state index in [0.29, 0.717) is 11.3 Å². The quantitative estimate of drug-likeness (QED) is 0.406. The number of hydrogen-bond donors (Lipinski definition) is 1. The number of nitro groups is 1. The number of hydrogen-bond acceptors (Lipinski definition) is 7. The van der Waals surface area contributed by atoms with Crippen LogP contribution in [0.25, 0.3) is 0 Å². The lowest BCUT2D eigenvalue weighted by atomic mass is 10.2. The van der Waals surface area contributed by atoms with Crippen LogP contribution in [0.5, 0.6) is 11.5 Å². The monoisotopic (exact) mass is 368 g/mol. The van der Waals surface area contributed by atoms with Crippen molar-refractivity contribution in [2.24, 2.45) is 5.10 Å². The van der Waals surface area contributed by atoms with Gasteiger partial charge in [0, 0.05) is 17.0 Å². The van der Waals surface area contributed by atoms with Gasteiger partial charge in [-0.3, -0.25) is 14.9 Å². The zero-order valence-electron chi connectivity index (χ0n) is 13.2. The van der Waals surface area contributed by atoms with E-state index in [1.165, 1.54) is 29.7 Å². The highest BCUT2D eigenvalue weighted by atomic mass is 32.1. The molecular weight excluding hydrogens is 356 g/mol. The highest BCUT2D eigenvalue weighted by Gasteiger charge is 2.15. The molecule has 0 aliphatic carbocycles. The Hall–Kier alpha value is -3.59. The van der Waals surface area contributed by atoms with E-state index < -0.39 is 10.8 Å². The molecule has 0 atom stereocenters. The van der Waals surface area contributed by atoms with Crippen LogP contribution >= 0.6 is 11.3 Å². The predicted octanol–water partition coefficient (Wildman–Crippen LogP) is 3.61. The molecular formula is C17H12N4O4S. The fourth-order valence-corrected chi connectivity index (χ4v) is 2.57. The Bertz CT molecular complexity index is 957. The number of para-hydroxylation sites is 3. The maximum absolute atomic E-state index is 11.8. The minimum absolute atomic E-state index is 0.116. The van der Waals surface area contributed by atoms with E-state index >= 15 is 0 Å². The summed E-state index contributed by atoms with van der Waals surface area (Å²) in [6.07, 6.45) is 1.40. The molecule has 130 valence electrons. The summed E-state index contributed by atoms with van der Waals surface area (Å²) in [7, 11) is 0. The second-order valence-electron chi connectivity index (χ2n) is 4.94. The van der Waals surface area contributed by atoms with Gasteiger partial charge in [0.25, 0.3) is 5.91 Å². The summed E-state index contributed by atoms with van der Waals surface area (Å²) in [6.45, 7) is 0. The van der Waals surface area contributed by atoms with Crippen LogP contribution in [0.4, 0.5) is 5.69 Å². The van der Waals surface area contributed by atoms with Crippen LogP contribution in [0.15, 0.2) is 64.5 Å². The Morgan fingerprint density at radius 1 is 1.19 bits per heavy atom. The summed E-state index contributed by atoms with van der Waals surface area (Å²) < 4.78 is 5.68. The molecule has 1 heterocycles. The van der Waals surface area contributed by atoms with E-state index in [1.54, 1.807) is 47.3 Å². The van der Waals surface area contributed by atoms with Crippen LogP contribution in [0, 0.1) is 10.1 Å². The second kappa shape index (κ2) is 7.99. The van der Waals surface area contributed by atoms with Crippen LogP contribution < -0.4 is 10.2 Å². The SMILES string of the molecule is O=C(NN=Cc1ccccc1Oc1ccccc1[N+](=O)[O-])c1cscn1. The summed E-state index contributed by atoms with van der Waals surface area (Å²) in [6, 6.07) is 12.9. The molecule has 0 saturated carbocycles. The number of amides is 1. The van der Waals surface area contributed by atoms with Gasteiger partial charge in [-0.25, -0.2) is 10.4 Å². The molecule has 9 heteroatoms. The molecule has 1 aromatic heterocycles. The molecule has 26 heavy (non-hydrogen) atoms. The summed E-state index contributed by atoms with van der Waals surface area (Å²) in [5, 5.41) is 16.6. The third kappa shape index (κ3) is 4.08. The Balaban J connectivity index is 1.77. The van der Waals surface area contributed by atoms with E-state index in [9.17, 15) is 14.9 Å². The molecule has 0 fully saturated rings. The number of ether oxygens (including phenoxy) is 1. The van der Waals surface area contributed by atoms with Crippen molar-refractivity contribution in [2.45, 2.75) is 0 Å². The number of hydrazone groups is 1. The highest BCUT2D eigenvalue weighted by molar-refractivity contribution is 7.07. The average molecular weight is 368 g/mol. The molecule has 0 radical (unpaired) electrons. The van der Waals surface area contributed by atoms with Gasteiger partial charge in [-0.1, -0.05) is 24.3 Å². The molecule has 0 bridgehead atoms. The van der Waals surface area contributed by atoms with Crippen molar-refractivity contribution in [3.8, 4) is 11.5 Å². The molecule has 3 rings (SSSR count). The van der Waals surface area contributed by atoms with Gasteiger partial charge in [0.15, 0.2) is 0 Å². The maximum Gasteiger partial charge on any atom is 0.311 e. The number of nitrogens with one attached hydrogen (secondary N) is 1. The van der Waals surface area contributed by atoms with Gasteiger partial charge in [0.1, 0.15) is 11.4 Å². The van der Waals surface area contributed by atoms with Crippen molar-refractivity contribution in [1.29, 1.82) is 0 Å². The van der Waals surface area contributed by atoms with Crippen LogP contribution in [0.1, 0.15) is 16.1 Å². The van der Waals surface area contributed by atoms with Gasteiger partial charge in [-0.05, 0) is 18.2 Å². The molecule has 3 aromatic rings. The number of thiazole rings is 1. The number of carbonyl (C=O) groups excluding carboxylic acids is 1. The molecule has 8 nitrogen and oxygen atoms in total. The van der Waals surface area contributed by atoms with Crippen molar-refractivity contribution < 1.29 is 14.5 Å². The van der Waals surface area contributed by atoms with Gasteiger partial charge in [-0.15, -0.1) is 11.3 Å². The van der Waals surface area contributed by atoms with E-state index in [1.807, 2.05) is 0 Å². The van der Waals surface area contributed by atoms with Crippen LogP contribution in [-0.2, 0) is 0 Å². The first kappa shape index (κ1) is 17.2. The molecule has 0 aliphatic heterocycles. The van der Waals surface area contributed by atoms with Crippen molar-refractivity contribution in [3.63, 3.8) is 0 Å². The topological polar surface area (TPSA) is 107 Å². The largest absolute Gasteiger partial charge is 0.449 e. The van der Waals surface area contributed by atoms with Crippen molar-refractivity contribution >= 4 is 29.1 Å². The first-order chi connectivity index (χ1) is 12.6. The van der Waals surface area contributed by atoms with Crippen molar-refractivity contribution in [3.05, 3.63) is 80.8 Å². The van der Waals surface area contributed by atoms with Gasteiger partial charge in [0.2, 0.25) is 5.75 Å². The Kier molecular flexibility index (Phi) is 5.30. The average Bonchev–Trinajstić information content (AvgIpc) is 3.18. The summed E-state index contributed by atoms with van der Waals surface area (Å²) in [5.41, 5.74) is 4.59. The molecule has 2 aromatic carbocycles. The molecule has 1 amide bonds. The van der Waals surface area contributed by atoms with E-state index in [0.717, 1.165) is 0 Å². The molecule has 0 unspecified atom stereocenters. The van der Waals surface area contributed by atoms with Gasteiger partial charge in [-0.2, -0.15) is 5.10 Å². The summed E-state index contributed by atoms with van der Waals surface area (Å²) in [5.74, 6) is 0.0536. The van der Waals surface area contributed by atoms with Crippen molar-refractivity contribution in [1.82, 2.24) is 10.4 Å². The van der Waals surface area contributed by atoms with E-state index in [2.05, 4.69) is 15.5 Å². The molecule has 0 spiro atoms. The minimum atomic E-state index is -0.514. The standard InChI is InChI=1S/C17H12N4O4S/c22-17(13-10-26-11-18-13)20-19-9-12-5-1-3-7-15(12)25-16-8-4-2-6-14(16)21(23)24/h1-11H,(H,20,22). The zero-order valence-corrected chi connectivity index (χ0v) is 14.1. The van der Waals surface area contributed by atoms with Crippen LogP contribution in [0.3, 0.4) is 0 Å². The van der Waals surface area contributed by atoms with Gasteiger partial charge in [0.05, 0.1) is 16.6 Å². The number of carbonyl (C=O) groups is 1. The first-order valence-electron chi connectivity index (χ1n) is 7.37. The Morgan fingerprint density at radius 3 is 2.65 bits per heavy atom. The first-order valence-corrected chi connectivity index (χ1v) is 8.31. The van der Waals surface area contributed by atoms with Crippen molar-refractivity contribution in [2.75, 3.05) is 0 Å². The highest BCUT2D eigenvalue weighted by Crippen LogP contribution is 2.31. The lowest BCUT2D eigenvalue weighted by Gasteiger charge is -2.08. The summed E-state index contributed by atoms with van der Waals surface area (Å²) >= 11 is 1.31. The molecule has 1 N–H and O–H groups in total. The third-order valence-corrected chi connectivity index (χ3v) is 3.82. The molecule has 0 aliphatic rings. The van der Waals surface area contributed by atoms with Crippen LogP contribution in [-0.4, -0.2) is 22.0 Å². The lowest BCUT2D eigenvalue weighted by Crippen LogP contribution is -2.17. The number of rotatable bonds is 6. The number of aromatic nitrogens is 1. The fraction of sp³-hybridized carbons (Fsp3) is 0. The normalized spacial score (nSPS) is 10.6. The number of nitro benzene ring substituents is 1. The smallest absolute Gasteiger partial charge is 0.311 e. The second-order valence-corrected chi connectivity index (χ2v) is 5.66. The number of benzene rings is 2. The van der Waals surface area contributed by atoms with Gasteiger partial charge >= 0.3 is 5.69 Å². The van der Waals surface area contributed by atoms with Gasteiger partial charge < -0.3 is 4.74 Å². The Labute approximate surface area is 151 Å². The minimum Gasteiger partial charge on any atom is -0.449 e. The van der Waals surface area contributed by atoms with Crippen LogP contribution in [0.2, 0.25) is 0 Å². The zero-order chi connectivity index (χ0) is 18.4. The predicted molar refractivity (Wildman–Crippen MR) is 96.8 cm³/mol. The fourth-order valence-electron chi connectivity index (χ4n) is 2.04. The third-order valence-electron chi connectivity index (χ3n) is 3.24. The van der Waals surface area contributed by atoms with E-state index in [4.69, 9.17) is 4.74 Å². The van der Waals surface area contributed by atoms with E-state index in [-0.39, 0.29) is 17.1 Å². The molecule has 0 saturated heterocycles.